The third kappa shape index (κ3) is 4.71. The third-order valence-electron chi connectivity index (χ3n) is 6.04. The molecule has 8 nitrogen and oxygen atoms in total. The van der Waals surface area contributed by atoms with E-state index in [1.165, 1.54) is 10.4 Å². The molecule has 0 radical (unpaired) electrons. The van der Waals surface area contributed by atoms with Crippen molar-refractivity contribution < 1.29 is 22.7 Å². The number of sulfonamides is 1. The second-order valence-corrected chi connectivity index (χ2v) is 10.9. The molecule has 33 heavy (non-hydrogen) atoms. The van der Waals surface area contributed by atoms with Crippen LogP contribution in [0.2, 0.25) is 5.02 Å². The zero-order valence-electron chi connectivity index (χ0n) is 18.6. The average molecular weight is 492 g/mol. The summed E-state index contributed by atoms with van der Waals surface area (Å²) in [5, 5.41) is 6.13. The lowest BCUT2D eigenvalue weighted by Crippen LogP contribution is -2.44. The van der Waals surface area contributed by atoms with Gasteiger partial charge in [0.1, 0.15) is 5.75 Å². The van der Waals surface area contributed by atoms with Gasteiger partial charge in [-0.2, -0.15) is 4.31 Å². The van der Waals surface area contributed by atoms with E-state index < -0.39 is 22.0 Å². The van der Waals surface area contributed by atoms with E-state index in [2.05, 4.69) is 10.6 Å². The Bertz CT molecular complexity index is 1230. The van der Waals surface area contributed by atoms with Crippen LogP contribution < -0.4 is 15.4 Å². The minimum atomic E-state index is -3.87. The van der Waals surface area contributed by atoms with Crippen LogP contribution in [0.25, 0.3) is 0 Å². The van der Waals surface area contributed by atoms with Gasteiger partial charge in [-0.15, -0.1) is 0 Å². The van der Waals surface area contributed by atoms with Crippen molar-refractivity contribution in [2.24, 2.45) is 5.92 Å². The summed E-state index contributed by atoms with van der Waals surface area (Å²) >= 11 is 6.05. The van der Waals surface area contributed by atoms with Gasteiger partial charge < -0.3 is 15.4 Å². The molecule has 1 fully saturated rings. The Labute approximate surface area is 198 Å². The number of nitrogens with one attached hydrogen (secondary N) is 2. The van der Waals surface area contributed by atoms with Crippen molar-refractivity contribution in [3.05, 3.63) is 46.5 Å². The number of carbonyl (C=O) groups excluding carboxylic acids is 2. The number of piperidine rings is 1. The minimum Gasteiger partial charge on any atom is -0.479 e. The molecule has 0 saturated carbocycles. The molecule has 1 saturated heterocycles. The molecule has 4 rings (SSSR count). The third-order valence-corrected chi connectivity index (χ3v) is 8.28. The van der Waals surface area contributed by atoms with E-state index in [1.807, 2.05) is 13.0 Å². The Morgan fingerprint density at radius 2 is 1.97 bits per heavy atom. The molecule has 2 aliphatic heterocycles. The quantitative estimate of drug-likeness (QED) is 0.678. The van der Waals surface area contributed by atoms with Crippen molar-refractivity contribution in [2.45, 2.75) is 44.6 Å². The standard InChI is InChI=1S/C23H26ClN3O5S/c1-13-6-7-17(24)10-18(13)25-23(29)16-5-4-8-27(12-16)33(30,31)21-11-20-19(9-14(21)2)26-22(28)15(3)32-20/h6-7,9-11,15-16H,4-5,8,12H2,1-3H3,(H,25,29)(H,26,28)/t15-,16+/m1/s1. The van der Waals surface area contributed by atoms with Crippen LogP contribution in [0, 0.1) is 19.8 Å². The summed E-state index contributed by atoms with van der Waals surface area (Å²) in [5.74, 6) is -0.686. The first-order valence-corrected chi connectivity index (χ1v) is 12.6. The Kier molecular flexibility index (Phi) is 6.39. The van der Waals surface area contributed by atoms with Gasteiger partial charge in [0.05, 0.1) is 16.5 Å². The molecule has 10 heteroatoms. The maximum absolute atomic E-state index is 13.5. The number of nitrogens with zero attached hydrogens (tertiary/aromatic N) is 1. The zero-order valence-corrected chi connectivity index (χ0v) is 20.2. The first kappa shape index (κ1) is 23.5. The summed E-state index contributed by atoms with van der Waals surface area (Å²) in [6.07, 6.45) is 0.445. The van der Waals surface area contributed by atoms with Crippen LogP contribution in [-0.4, -0.2) is 43.7 Å². The number of carbonyl (C=O) groups is 2. The minimum absolute atomic E-state index is 0.0816. The van der Waals surface area contributed by atoms with E-state index in [4.69, 9.17) is 16.3 Å². The molecule has 0 bridgehead atoms. The number of amides is 2. The molecule has 2 N–H and O–H groups in total. The maximum Gasteiger partial charge on any atom is 0.265 e. The Hall–Kier alpha value is -2.62. The van der Waals surface area contributed by atoms with Gasteiger partial charge in [0.2, 0.25) is 15.9 Å². The Morgan fingerprint density at radius 3 is 2.73 bits per heavy atom. The highest BCUT2D eigenvalue weighted by atomic mass is 35.5. The lowest BCUT2D eigenvalue weighted by Gasteiger charge is -2.32. The molecule has 2 aliphatic rings. The van der Waals surface area contributed by atoms with Gasteiger partial charge in [0.25, 0.3) is 5.91 Å². The number of aryl methyl sites for hydroxylation is 2. The molecule has 2 aromatic carbocycles. The normalized spacial score (nSPS) is 21.0. The smallest absolute Gasteiger partial charge is 0.265 e. The molecule has 176 valence electrons. The number of fused-ring (bicyclic) bond motifs is 1. The van der Waals surface area contributed by atoms with Gasteiger partial charge in [-0.25, -0.2) is 8.42 Å². The van der Waals surface area contributed by atoms with Crippen LogP contribution in [0.15, 0.2) is 35.2 Å². The molecule has 0 spiro atoms. The molecule has 0 aromatic heterocycles. The second-order valence-electron chi connectivity index (χ2n) is 8.51. The van der Waals surface area contributed by atoms with Gasteiger partial charge in [-0.1, -0.05) is 17.7 Å². The first-order valence-electron chi connectivity index (χ1n) is 10.8. The zero-order chi connectivity index (χ0) is 23.9. The van der Waals surface area contributed by atoms with Crippen LogP contribution in [-0.2, 0) is 19.6 Å². The van der Waals surface area contributed by atoms with E-state index in [0.29, 0.717) is 47.1 Å². The highest BCUT2D eigenvalue weighted by Crippen LogP contribution is 2.36. The average Bonchev–Trinajstić information content (AvgIpc) is 2.77. The summed E-state index contributed by atoms with van der Waals surface area (Å²) < 4.78 is 33.9. The number of ether oxygens (including phenoxy) is 1. The van der Waals surface area contributed by atoms with Crippen molar-refractivity contribution in [3.8, 4) is 5.75 Å². The van der Waals surface area contributed by atoms with Gasteiger partial charge >= 0.3 is 0 Å². The lowest BCUT2D eigenvalue weighted by molar-refractivity contribution is -0.123. The largest absolute Gasteiger partial charge is 0.479 e. The van der Waals surface area contributed by atoms with E-state index in [0.717, 1.165) is 5.56 Å². The van der Waals surface area contributed by atoms with Crippen molar-refractivity contribution in [1.29, 1.82) is 0 Å². The van der Waals surface area contributed by atoms with Gasteiger partial charge in [-0.3, -0.25) is 9.59 Å². The lowest BCUT2D eigenvalue weighted by atomic mass is 9.98. The van der Waals surface area contributed by atoms with Crippen LogP contribution in [0.1, 0.15) is 30.9 Å². The fraction of sp³-hybridized carbons (Fsp3) is 0.391. The highest BCUT2D eigenvalue weighted by molar-refractivity contribution is 7.89. The molecular weight excluding hydrogens is 466 g/mol. The molecule has 0 aliphatic carbocycles. The monoisotopic (exact) mass is 491 g/mol. The van der Waals surface area contributed by atoms with Crippen molar-refractivity contribution in [2.75, 3.05) is 23.7 Å². The summed E-state index contributed by atoms with van der Waals surface area (Å²) in [7, 11) is -3.87. The van der Waals surface area contributed by atoms with E-state index in [9.17, 15) is 18.0 Å². The van der Waals surface area contributed by atoms with Crippen molar-refractivity contribution in [1.82, 2.24) is 4.31 Å². The number of rotatable bonds is 4. The van der Waals surface area contributed by atoms with Crippen molar-refractivity contribution in [3.63, 3.8) is 0 Å². The molecule has 0 unspecified atom stereocenters. The van der Waals surface area contributed by atoms with Gasteiger partial charge in [-0.05, 0) is 62.9 Å². The molecule has 2 heterocycles. The Morgan fingerprint density at radius 1 is 1.21 bits per heavy atom. The fourth-order valence-corrected chi connectivity index (χ4v) is 6.02. The number of hydrogen-bond donors (Lipinski definition) is 2. The second kappa shape index (κ2) is 8.96. The molecule has 2 aromatic rings. The number of anilines is 2. The first-order chi connectivity index (χ1) is 15.6. The summed E-state index contributed by atoms with van der Waals surface area (Å²) in [5.41, 5.74) is 2.43. The van der Waals surface area contributed by atoms with Gasteiger partial charge in [0, 0.05) is 29.9 Å². The molecular formula is C23H26ClN3O5S. The van der Waals surface area contributed by atoms with E-state index in [-0.39, 0.29) is 23.3 Å². The number of benzene rings is 2. The topological polar surface area (TPSA) is 105 Å². The molecule has 2 amide bonds. The van der Waals surface area contributed by atoms with Crippen LogP contribution in [0.3, 0.4) is 0 Å². The molecule has 2 atom stereocenters. The maximum atomic E-state index is 13.5. The van der Waals surface area contributed by atoms with Gasteiger partial charge in [0.15, 0.2) is 6.10 Å². The number of hydrogen-bond acceptors (Lipinski definition) is 5. The van der Waals surface area contributed by atoms with Crippen LogP contribution in [0.4, 0.5) is 11.4 Å². The predicted octanol–water partition coefficient (Wildman–Crippen LogP) is 3.72. The van der Waals surface area contributed by atoms with E-state index >= 15 is 0 Å². The highest BCUT2D eigenvalue weighted by Gasteiger charge is 2.35. The summed E-state index contributed by atoms with van der Waals surface area (Å²) in [6, 6.07) is 8.30. The summed E-state index contributed by atoms with van der Waals surface area (Å²) in [4.78, 5) is 24.9. The fourth-order valence-electron chi connectivity index (χ4n) is 4.10. The number of halogens is 1. The van der Waals surface area contributed by atoms with Crippen LogP contribution >= 0.6 is 11.6 Å². The van der Waals surface area contributed by atoms with Crippen LogP contribution in [0.5, 0.6) is 5.75 Å². The SMILES string of the molecule is Cc1ccc(Cl)cc1NC(=O)[C@H]1CCCN(S(=O)(=O)c2cc3c(cc2C)NC(=O)[C@@H](C)O3)C1. The van der Waals surface area contributed by atoms with Crippen molar-refractivity contribution >= 4 is 44.8 Å². The predicted molar refractivity (Wildman–Crippen MR) is 126 cm³/mol. The van der Waals surface area contributed by atoms with E-state index in [1.54, 1.807) is 32.0 Å². The Balaban J connectivity index is 1.55. The summed E-state index contributed by atoms with van der Waals surface area (Å²) in [6.45, 7) is 5.55.